The lowest BCUT2D eigenvalue weighted by Gasteiger charge is -2.34. The average molecular weight is 499 g/mol. The number of hydrogen-bond acceptors (Lipinski definition) is 5. The van der Waals surface area contributed by atoms with Gasteiger partial charge in [0.15, 0.2) is 5.69 Å². The van der Waals surface area contributed by atoms with E-state index in [9.17, 15) is 31.5 Å². The van der Waals surface area contributed by atoms with E-state index in [1.54, 1.807) is 18.2 Å². The van der Waals surface area contributed by atoms with E-state index in [0.29, 0.717) is 22.4 Å². The van der Waals surface area contributed by atoms with Gasteiger partial charge in [0, 0.05) is 25.8 Å². The lowest BCUT2D eigenvalue weighted by Crippen LogP contribution is -2.38. The molecular weight excluding hydrogens is 477 g/mol. The van der Waals surface area contributed by atoms with Crippen molar-refractivity contribution in [2.45, 2.75) is 57.4 Å². The summed E-state index contributed by atoms with van der Waals surface area (Å²) in [5.41, 5.74) is 1.94. The zero-order valence-corrected chi connectivity index (χ0v) is 18.3. The molecule has 3 N–H and O–H groups in total. The molecule has 35 heavy (non-hydrogen) atoms. The van der Waals surface area contributed by atoms with Crippen LogP contribution in [-0.2, 0) is 24.4 Å². The molecule has 1 saturated carbocycles. The number of amides is 2. The summed E-state index contributed by atoms with van der Waals surface area (Å²) >= 11 is 0. The molecule has 0 bridgehead atoms. The minimum Gasteiger partial charge on any atom is -0.352 e. The largest absolute Gasteiger partial charge is 0.389 e. The van der Waals surface area contributed by atoms with E-state index < -0.39 is 36.8 Å². The molecule has 0 radical (unpaired) electrons. The number of fused-ring (bicyclic) bond motifs is 1. The van der Waals surface area contributed by atoms with Crippen LogP contribution in [0.4, 0.5) is 22.0 Å². The fourth-order valence-corrected chi connectivity index (χ4v) is 3.74. The normalized spacial score (nSPS) is 15.7. The highest BCUT2D eigenvalue weighted by Crippen LogP contribution is 2.42. The second-order valence-corrected chi connectivity index (χ2v) is 8.52. The van der Waals surface area contributed by atoms with Crippen LogP contribution in [-0.4, -0.2) is 48.9 Å². The molecule has 188 valence electrons. The van der Waals surface area contributed by atoms with E-state index in [-0.39, 0.29) is 44.1 Å². The molecular formula is C21H22F5N7O2. The molecule has 3 aromatic rings. The van der Waals surface area contributed by atoms with Gasteiger partial charge in [0.1, 0.15) is 5.82 Å². The van der Waals surface area contributed by atoms with E-state index in [2.05, 4.69) is 30.8 Å². The number of aromatic amines is 1. The Morgan fingerprint density at radius 3 is 2.66 bits per heavy atom. The van der Waals surface area contributed by atoms with Crippen molar-refractivity contribution in [3.05, 3.63) is 41.5 Å². The highest BCUT2D eigenvalue weighted by Gasteiger charge is 2.45. The van der Waals surface area contributed by atoms with Gasteiger partial charge in [-0.2, -0.15) is 23.1 Å². The van der Waals surface area contributed by atoms with Gasteiger partial charge in [0.2, 0.25) is 11.8 Å². The molecule has 1 fully saturated rings. The summed E-state index contributed by atoms with van der Waals surface area (Å²) in [6, 6.07) is 5.07. The molecule has 0 aliphatic heterocycles. The number of H-pyrrole nitrogens is 1. The zero-order valence-electron chi connectivity index (χ0n) is 18.3. The van der Waals surface area contributed by atoms with Gasteiger partial charge >= 0.3 is 6.18 Å². The number of halogens is 5. The molecule has 1 aromatic carbocycles. The van der Waals surface area contributed by atoms with Gasteiger partial charge in [-0.1, -0.05) is 6.07 Å². The first-order chi connectivity index (χ1) is 16.5. The highest BCUT2D eigenvalue weighted by atomic mass is 19.4. The van der Waals surface area contributed by atoms with Crippen molar-refractivity contribution >= 4 is 22.8 Å². The lowest BCUT2D eigenvalue weighted by molar-refractivity contribution is -0.144. The first-order valence-electron chi connectivity index (χ1n) is 10.8. The van der Waals surface area contributed by atoms with Crippen molar-refractivity contribution in [2.24, 2.45) is 5.92 Å². The second kappa shape index (κ2) is 9.58. The lowest BCUT2D eigenvalue weighted by atomic mass is 9.81. The number of carbonyl (C=O) groups is 2. The van der Waals surface area contributed by atoms with Crippen LogP contribution in [0.3, 0.4) is 0 Å². The van der Waals surface area contributed by atoms with Gasteiger partial charge in [-0.15, -0.1) is 5.10 Å². The third kappa shape index (κ3) is 6.73. The van der Waals surface area contributed by atoms with Crippen molar-refractivity contribution in [1.29, 1.82) is 0 Å². The standard InChI is InChI=1S/C21H22F5N7O2/c22-20(23)6-13(7-20)11-33-29-9-16(32-33)19(35)28-10-17-30-14-2-1-12(5-15(14)31-17)8-27-18(34)3-4-21(24,25)26/h1-2,5,9,13H,3-4,6-8,10-11H2,(H,27,34)(H,28,35)(H,30,31). The number of hydrogen-bond donors (Lipinski definition) is 3. The Morgan fingerprint density at radius 1 is 1.17 bits per heavy atom. The van der Waals surface area contributed by atoms with Crippen molar-refractivity contribution < 1.29 is 31.5 Å². The molecule has 4 rings (SSSR count). The Labute approximate surface area is 195 Å². The van der Waals surface area contributed by atoms with Crippen molar-refractivity contribution in [3.8, 4) is 0 Å². The third-order valence-corrected chi connectivity index (χ3v) is 5.50. The van der Waals surface area contributed by atoms with Crippen molar-refractivity contribution in [3.63, 3.8) is 0 Å². The number of imidazole rings is 1. The van der Waals surface area contributed by atoms with Crippen LogP contribution < -0.4 is 10.6 Å². The van der Waals surface area contributed by atoms with Gasteiger partial charge < -0.3 is 15.6 Å². The predicted molar refractivity (Wildman–Crippen MR) is 112 cm³/mol. The Hall–Kier alpha value is -3.58. The molecule has 0 unspecified atom stereocenters. The number of benzene rings is 1. The molecule has 14 heteroatoms. The number of alkyl halides is 5. The summed E-state index contributed by atoms with van der Waals surface area (Å²) in [6.45, 7) is 0.335. The molecule has 0 atom stereocenters. The van der Waals surface area contributed by atoms with Crippen LogP contribution in [0, 0.1) is 5.92 Å². The second-order valence-electron chi connectivity index (χ2n) is 8.52. The molecule has 1 aliphatic carbocycles. The van der Waals surface area contributed by atoms with E-state index in [4.69, 9.17) is 0 Å². The zero-order chi connectivity index (χ0) is 25.2. The Kier molecular flexibility index (Phi) is 6.72. The fourth-order valence-electron chi connectivity index (χ4n) is 3.74. The van der Waals surface area contributed by atoms with E-state index >= 15 is 0 Å². The quantitative estimate of drug-likeness (QED) is 0.391. The molecule has 9 nitrogen and oxygen atoms in total. The summed E-state index contributed by atoms with van der Waals surface area (Å²) in [4.78, 5) is 32.5. The number of rotatable bonds is 9. The van der Waals surface area contributed by atoms with Gasteiger partial charge in [-0.3, -0.25) is 9.59 Å². The minimum atomic E-state index is -4.38. The molecule has 1 aliphatic rings. The SMILES string of the molecule is O=C(CCC(F)(F)F)NCc1ccc2nc(CNC(=O)c3cnn(CC4CC(F)(F)C4)n3)[nH]c2c1. The molecule has 2 heterocycles. The molecule has 0 spiro atoms. The number of nitrogens with one attached hydrogen (secondary N) is 3. The van der Waals surface area contributed by atoms with E-state index in [1.165, 1.54) is 11.0 Å². The maximum Gasteiger partial charge on any atom is 0.389 e. The maximum atomic E-state index is 12.9. The number of carbonyl (C=O) groups excluding carboxylic acids is 2. The Bertz CT molecular complexity index is 1210. The predicted octanol–water partition coefficient (Wildman–Crippen LogP) is 3.09. The maximum absolute atomic E-state index is 12.9. The van der Waals surface area contributed by atoms with Gasteiger partial charge in [0.05, 0.1) is 36.7 Å². The van der Waals surface area contributed by atoms with Crippen LogP contribution in [0.25, 0.3) is 11.0 Å². The number of aromatic nitrogens is 5. The summed E-state index contributed by atoms with van der Waals surface area (Å²) in [5.74, 6) is -3.60. The van der Waals surface area contributed by atoms with Gasteiger partial charge in [-0.05, 0) is 23.6 Å². The summed E-state index contributed by atoms with van der Waals surface area (Å²) < 4.78 is 62.5. The summed E-state index contributed by atoms with van der Waals surface area (Å²) in [7, 11) is 0. The van der Waals surface area contributed by atoms with Crippen LogP contribution >= 0.6 is 0 Å². The van der Waals surface area contributed by atoms with E-state index in [1.807, 2.05) is 0 Å². The first-order valence-corrected chi connectivity index (χ1v) is 10.8. The summed E-state index contributed by atoms with van der Waals surface area (Å²) in [5, 5.41) is 13.1. The minimum absolute atomic E-state index is 0.0516. The van der Waals surface area contributed by atoms with Crippen LogP contribution in [0.5, 0.6) is 0 Å². The summed E-state index contributed by atoms with van der Waals surface area (Å²) in [6.07, 6.45) is -5.36. The molecule has 2 aromatic heterocycles. The number of nitrogens with zero attached hydrogens (tertiary/aromatic N) is 4. The van der Waals surface area contributed by atoms with E-state index in [0.717, 1.165) is 0 Å². The van der Waals surface area contributed by atoms with Crippen LogP contribution in [0.2, 0.25) is 0 Å². The average Bonchev–Trinajstić information content (AvgIpc) is 3.39. The van der Waals surface area contributed by atoms with Gasteiger partial charge in [-0.25, -0.2) is 13.8 Å². The van der Waals surface area contributed by atoms with Crippen LogP contribution in [0.15, 0.2) is 24.4 Å². The topological polar surface area (TPSA) is 118 Å². The van der Waals surface area contributed by atoms with Crippen molar-refractivity contribution in [1.82, 2.24) is 35.6 Å². The molecule has 2 amide bonds. The highest BCUT2D eigenvalue weighted by molar-refractivity contribution is 5.91. The Morgan fingerprint density at radius 2 is 1.94 bits per heavy atom. The monoisotopic (exact) mass is 499 g/mol. The molecule has 0 saturated heterocycles. The Balaban J connectivity index is 1.27. The fraction of sp³-hybridized carbons (Fsp3) is 0.476. The van der Waals surface area contributed by atoms with Gasteiger partial charge in [0.25, 0.3) is 5.91 Å². The third-order valence-electron chi connectivity index (χ3n) is 5.50. The smallest absolute Gasteiger partial charge is 0.352 e. The van der Waals surface area contributed by atoms with Crippen LogP contribution in [0.1, 0.15) is 47.6 Å². The van der Waals surface area contributed by atoms with Crippen molar-refractivity contribution in [2.75, 3.05) is 0 Å². The first kappa shape index (κ1) is 24.5.